The molecule has 0 spiro atoms. The molecule has 108 valence electrons. The third kappa shape index (κ3) is 2.87. The minimum Gasteiger partial charge on any atom is -0.440 e. The van der Waals surface area contributed by atoms with E-state index in [4.69, 9.17) is 4.42 Å². The molecule has 2 aromatic rings. The Morgan fingerprint density at radius 1 is 1.33 bits per heavy atom. The molecule has 1 N–H and O–H groups in total. The number of carbonyl (C=O) groups excluding carboxylic acids is 1. The second-order valence-electron chi connectivity index (χ2n) is 4.76. The molecule has 0 atom stereocenters. The zero-order valence-corrected chi connectivity index (χ0v) is 13.9. The highest BCUT2D eigenvalue weighted by Crippen LogP contribution is 2.39. The highest BCUT2D eigenvalue weighted by atomic mass is 79.9. The Balaban J connectivity index is 1.94. The van der Waals surface area contributed by atoms with Gasteiger partial charge in [0.25, 0.3) is 5.91 Å². The molecule has 0 unspecified atom stereocenters. The summed E-state index contributed by atoms with van der Waals surface area (Å²) in [4.78, 5) is 15.6. The Morgan fingerprint density at radius 3 is 2.81 bits per heavy atom. The van der Waals surface area contributed by atoms with Crippen LogP contribution in [0.5, 0.6) is 0 Å². The second kappa shape index (κ2) is 5.61. The number of halogens is 1. The van der Waals surface area contributed by atoms with E-state index in [2.05, 4.69) is 21.2 Å². The van der Waals surface area contributed by atoms with Gasteiger partial charge in [-0.3, -0.25) is 4.79 Å². The van der Waals surface area contributed by atoms with Crippen molar-refractivity contribution in [3.05, 3.63) is 45.5 Å². The van der Waals surface area contributed by atoms with Crippen LogP contribution in [-0.2, 0) is 4.79 Å². The fourth-order valence-electron chi connectivity index (χ4n) is 1.98. The zero-order valence-electron chi connectivity index (χ0n) is 11.5. The van der Waals surface area contributed by atoms with Gasteiger partial charge in [0.15, 0.2) is 0 Å². The van der Waals surface area contributed by atoms with Gasteiger partial charge in [-0.15, -0.1) is 0 Å². The predicted molar refractivity (Wildman–Crippen MR) is 89.6 cm³/mol. The van der Waals surface area contributed by atoms with Crippen LogP contribution >= 0.6 is 27.7 Å². The van der Waals surface area contributed by atoms with E-state index in [1.807, 2.05) is 49.3 Å². The van der Waals surface area contributed by atoms with Crippen LogP contribution < -0.4 is 10.2 Å². The minimum absolute atomic E-state index is 0.113. The molecule has 0 fully saturated rings. The quantitative estimate of drug-likeness (QED) is 0.811. The summed E-state index contributed by atoms with van der Waals surface area (Å²) in [6.45, 7) is 0. The molecule has 0 bridgehead atoms. The van der Waals surface area contributed by atoms with E-state index < -0.39 is 0 Å². The smallest absolute Gasteiger partial charge is 0.262 e. The number of para-hydroxylation sites is 1. The summed E-state index contributed by atoms with van der Waals surface area (Å²) < 4.78 is 6.59. The molecule has 1 aliphatic rings. The predicted octanol–water partition coefficient (Wildman–Crippen LogP) is 4.19. The van der Waals surface area contributed by atoms with Crippen molar-refractivity contribution in [2.45, 2.75) is 4.90 Å². The maximum atomic E-state index is 12.1. The summed E-state index contributed by atoms with van der Waals surface area (Å²) in [5.74, 6) is 1.25. The fraction of sp³-hybridized carbons (Fsp3) is 0.133. The van der Waals surface area contributed by atoms with Crippen molar-refractivity contribution >= 4 is 51.2 Å². The van der Waals surface area contributed by atoms with Crippen molar-refractivity contribution < 1.29 is 9.21 Å². The number of rotatable bonds is 2. The molecule has 1 aliphatic heterocycles. The summed E-state index contributed by atoms with van der Waals surface area (Å²) in [6, 6.07) is 9.59. The minimum atomic E-state index is -0.113. The van der Waals surface area contributed by atoms with Gasteiger partial charge < -0.3 is 14.6 Å². The molecule has 3 rings (SSSR count). The van der Waals surface area contributed by atoms with E-state index in [-0.39, 0.29) is 5.91 Å². The van der Waals surface area contributed by atoms with Crippen molar-refractivity contribution in [3.8, 4) is 0 Å². The first-order valence-electron chi connectivity index (χ1n) is 6.31. The Morgan fingerprint density at radius 2 is 2.10 bits per heavy atom. The Kier molecular flexibility index (Phi) is 3.82. The number of hydrogen-bond donors (Lipinski definition) is 1. The van der Waals surface area contributed by atoms with Crippen LogP contribution in [-0.4, -0.2) is 20.0 Å². The SMILES string of the molecule is CN(C)c1oc(/C=C2\Sc3ccccc3NC2=O)cc1Br. The van der Waals surface area contributed by atoms with Crippen molar-refractivity contribution in [1.82, 2.24) is 0 Å². The first kappa shape index (κ1) is 14.3. The molecular formula is C15H13BrN2O2S. The number of nitrogens with zero attached hydrogens (tertiary/aromatic N) is 1. The second-order valence-corrected chi connectivity index (χ2v) is 6.70. The van der Waals surface area contributed by atoms with Crippen LogP contribution in [0.25, 0.3) is 6.08 Å². The number of hydrogen-bond acceptors (Lipinski definition) is 4. The first-order valence-corrected chi connectivity index (χ1v) is 7.92. The maximum absolute atomic E-state index is 12.1. The van der Waals surface area contributed by atoms with E-state index in [1.165, 1.54) is 11.8 Å². The van der Waals surface area contributed by atoms with Gasteiger partial charge >= 0.3 is 0 Å². The van der Waals surface area contributed by atoms with Crippen molar-refractivity contribution in [2.75, 3.05) is 24.3 Å². The number of fused-ring (bicyclic) bond motifs is 1. The van der Waals surface area contributed by atoms with Crippen molar-refractivity contribution in [2.24, 2.45) is 0 Å². The fourth-order valence-corrected chi connectivity index (χ4v) is 3.58. The molecular weight excluding hydrogens is 352 g/mol. The lowest BCUT2D eigenvalue weighted by Crippen LogP contribution is -2.16. The molecule has 1 amide bonds. The lowest BCUT2D eigenvalue weighted by molar-refractivity contribution is -0.112. The first-order chi connectivity index (χ1) is 10.0. The van der Waals surface area contributed by atoms with Gasteiger partial charge in [-0.05, 0) is 28.1 Å². The van der Waals surface area contributed by atoms with E-state index in [0.717, 1.165) is 20.9 Å². The zero-order chi connectivity index (χ0) is 15.0. The van der Waals surface area contributed by atoms with Crippen molar-refractivity contribution in [3.63, 3.8) is 0 Å². The van der Waals surface area contributed by atoms with Crippen LogP contribution in [0.2, 0.25) is 0 Å². The van der Waals surface area contributed by atoms with Gasteiger partial charge in [0.2, 0.25) is 5.88 Å². The lowest BCUT2D eigenvalue weighted by atomic mass is 10.3. The van der Waals surface area contributed by atoms with Crippen LogP contribution in [0.3, 0.4) is 0 Å². The summed E-state index contributed by atoms with van der Waals surface area (Å²) in [5.41, 5.74) is 0.847. The van der Waals surface area contributed by atoms with Gasteiger partial charge in [0, 0.05) is 31.1 Å². The Hall–Kier alpha value is -1.66. The number of furan rings is 1. The van der Waals surface area contributed by atoms with Crippen LogP contribution in [0.4, 0.5) is 11.6 Å². The average Bonchev–Trinajstić information content (AvgIpc) is 2.81. The van der Waals surface area contributed by atoms with Gasteiger partial charge in [-0.1, -0.05) is 23.9 Å². The molecule has 6 heteroatoms. The van der Waals surface area contributed by atoms with Gasteiger partial charge in [0.05, 0.1) is 15.1 Å². The molecule has 2 heterocycles. The summed E-state index contributed by atoms with van der Waals surface area (Å²) >= 11 is 4.90. The summed E-state index contributed by atoms with van der Waals surface area (Å²) in [7, 11) is 3.80. The third-order valence-corrected chi connectivity index (χ3v) is 4.61. The number of nitrogens with one attached hydrogen (secondary N) is 1. The monoisotopic (exact) mass is 364 g/mol. The van der Waals surface area contributed by atoms with Gasteiger partial charge in [0.1, 0.15) is 5.76 Å². The summed E-state index contributed by atoms with van der Waals surface area (Å²) in [5, 5.41) is 2.88. The molecule has 0 saturated heterocycles. The normalized spacial score (nSPS) is 15.8. The van der Waals surface area contributed by atoms with E-state index in [0.29, 0.717) is 10.7 Å². The maximum Gasteiger partial charge on any atom is 0.262 e. The number of carbonyl (C=O) groups is 1. The standard InChI is InChI=1S/C15H13BrN2O2S/c1-18(2)15-10(16)7-9(20-15)8-13-14(19)17-11-5-3-4-6-12(11)21-13/h3-8H,1-2H3,(H,17,19)/b13-8-. The lowest BCUT2D eigenvalue weighted by Gasteiger charge is -2.17. The topological polar surface area (TPSA) is 45.5 Å². The van der Waals surface area contributed by atoms with E-state index >= 15 is 0 Å². The Labute approximate surface area is 135 Å². The molecule has 1 aromatic carbocycles. The largest absolute Gasteiger partial charge is 0.440 e. The molecule has 0 aliphatic carbocycles. The summed E-state index contributed by atoms with van der Waals surface area (Å²) in [6.07, 6.45) is 1.76. The number of benzene rings is 1. The van der Waals surface area contributed by atoms with Crippen LogP contribution in [0, 0.1) is 0 Å². The molecule has 0 saturated carbocycles. The molecule has 21 heavy (non-hydrogen) atoms. The van der Waals surface area contributed by atoms with E-state index in [9.17, 15) is 4.79 Å². The highest BCUT2D eigenvalue weighted by molar-refractivity contribution is 9.10. The van der Waals surface area contributed by atoms with Gasteiger partial charge in [-0.25, -0.2) is 0 Å². The van der Waals surface area contributed by atoms with Crippen LogP contribution in [0.1, 0.15) is 5.76 Å². The third-order valence-electron chi connectivity index (χ3n) is 2.95. The molecule has 1 aromatic heterocycles. The molecule has 0 radical (unpaired) electrons. The number of amides is 1. The van der Waals surface area contributed by atoms with E-state index in [1.54, 1.807) is 6.08 Å². The van der Waals surface area contributed by atoms with Crippen molar-refractivity contribution in [1.29, 1.82) is 0 Å². The molecule has 4 nitrogen and oxygen atoms in total. The average molecular weight is 365 g/mol. The highest BCUT2D eigenvalue weighted by Gasteiger charge is 2.21. The van der Waals surface area contributed by atoms with Crippen LogP contribution in [0.15, 0.2) is 49.0 Å². The number of thioether (sulfide) groups is 1. The number of anilines is 2. The van der Waals surface area contributed by atoms with Gasteiger partial charge in [-0.2, -0.15) is 0 Å². The Bertz CT molecular complexity index is 737.